The van der Waals surface area contributed by atoms with E-state index in [1.54, 1.807) is 0 Å². The minimum Gasteiger partial charge on any atom is -0.456 e. The molecule has 0 saturated carbocycles. The van der Waals surface area contributed by atoms with Crippen LogP contribution in [0, 0.1) is 0 Å². The molecule has 6 rings (SSSR count). The summed E-state index contributed by atoms with van der Waals surface area (Å²) in [5.41, 5.74) is 3.90. The number of fused-ring (bicyclic) bond motifs is 6. The Morgan fingerprint density at radius 2 is 1.50 bits per heavy atom. The molecule has 0 aliphatic rings. The lowest BCUT2D eigenvalue weighted by Crippen LogP contribution is -1.83. The summed E-state index contributed by atoms with van der Waals surface area (Å²) < 4.78 is 8.63. The highest BCUT2D eigenvalue weighted by molar-refractivity contribution is 7.26. The highest BCUT2D eigenvalue weighted by Gasteiger charge is 2.13. The Hall–Kier alpha value is -3.17. The van der Waals surface area contributed by atoms with Crippen LogP contribution >= 0.6 is 11.3 Å². The second kappa shape index (κ2) is 5.16. The third-order valence-corrected chi connectivity index (χ3v) is 6.16. The predicted octanol–water partition coefficient (Wildman–Crippen LogP) is 7.02. The lowest BCUT2D eigenvalue weighted by atomic mass is 10.1. The van der Waals surface area contributed by atoms with Crippen molar-refractivity contribution in [2.24, 2.45) is 0 Å². The van der Waals surface area contributed by atoms with E-state index in [1.807, 2.05) is 35.7 Å². The van der Waals surface area contributed by atoms with E-state index in [-0.39, 0.29) is 0 Å². The smallest absolute Gasteiger partial charge is 0.139 e. The van der Waals surface area contributed by atoms with E-state index in [0.29, 0.717) is 0 Å². The molecule has 0 radical (unpaired) electrons. The zero-order valence-corrected chi connectivity index (χ0v) is 14.6. The van der Waals surface area contributed by atoms with Crippen molar-refractivity contribution in [3.05, 3.63) is 79.0 Å². The fourth-order valence-electron chi connectivity index (χ4n) is 3.72. The molecule has 0 bridgehead atoms. The largest absolute Gasteiger partial charge is 0.456 e. The van der Waals surface area contributed by atoms with Gasteiger partial charge in [0.1, 0.15) is 11.2 Å². The molecule has 2 nitrogen and oxygen atoms in total. The molecule has 0 atom stereocenters. The molecule has 122 valence electrons. The maximum atomic E-state index is 6.05. The van der Waals surface area contributed by atoms with E-state index in [4.69, 9.17) is 9.40 Å². The molecule has 3 heteroatoms. The SMILES string of the molecule is c1ccc2c(c1)oc1cc(-c3cccc4c3sc3ccccc34)ncc12. The van der Waals surface area contributed by atoms with Gasteiger partial charge in [-0.15, -0.1) is 11.3 Å². The first kappa shape index (κ1) is 14.0. The molecule has 0 aliphatic heterocycles. The third kappa shape index (κ3) is 1.89. The maximum Gasteiger partial charge on any atom is 0.139 e. The Bertz CT molecular complexity index is 1440. The van der Waals surface area contributed by atoms with E-state index >= 15 is 0 Å². The molecule has 3 heterocycles. The van der Waals surface area contributed by atoms with Gasteiger partial charge in [-0.3, -0.25) is 4.98 Å². The van der Waals surface area contributed by atoms with Crippen molar-refractivity contribution in [1.82, 2.24) is 4.98 Å². The zero-order chi connectivity index (χ0) is 17.1. The van der Waals surface area contributed by atoms with Crippen LogP contribution in [0.3, 0.4) is 0 Å². The average molecular weight is 351 g/mol. The maximum absolute atomic E-state index is 6.05. The highest BCUT2D eigenvalue weighted by atomic mass is 32.1. The molecule has 0 saturated heterocycles. The van der Waals surface area contributed by atoms with E-state index in [9.17, 15) is 0 Å². The average Bonchev–Trinajstić information content (AvgIpc) is 3.25. The van der Waals surface area contributed by atoms with Gasteiger partial charge in [0.25, 0.3) is 0 Å². The Morgan fingerprint density at radius 3 is 2.46 bits per heavy atom. The van der Waals surface area contributed by atoms with E-state index in [2.05, 4.69) is 54.6 Å². The Kier molecular flexibility index (Phi) is 2.79. The van der Waals surface area contributed by atoms with Crippen LogP contribution in [0.1, 0.15) is 0 Å². The van der Waals surface area contributed by atoms with Crippen LogP contribution in [0.25, 0.3) is 53.4 Å². The number of nitrogens with zero attached hydrogens (tertiary/aromatic N) is 1. The van der Waals surface area contributed by atoms with Crippen molar-refractivity contribution in [1.29, 1.82) is 0 Å². The Morgan fingerprint density at radius 1 is 0.692 bits per heavy atom. The molecule has 3 aromatic carbocycles. The van der Waals surface area contributed by atoms with Crippen molar-refractivity contribution in [2.75, 3.05) is 0 Å². The van der Waals surface area contributed by atoms with Gasteiger partial charge in [-0.25, -0.2) is 0 Å². The van der Waals surface area contributed by atoms with Crippen LogP contribution in [0.15, 0.2) is 83.4 Å². The lowest BCUT2D eigenvalue weighted by Gasteiger charge is -2.02. The monoisotopic (exact) mass is 351 g/mol. The van der Waals surface area contributed by atoms with E-state index in [0.717, 1.165) is 33.2 Å². The number of para-hydroxylation sites is 1. The van der Waals surface area contributed by atoms with Gasteiger partial charge in [0, 0.05) is 48.8 Å². The lowest BCUT2D eigenvalue weighted by molar-refractivity contribution is 0.668. The molecule has 0 unspecified atom stereocenters. The summed E-state index contributed by atoms with van der Waals surface area (Å²) in [7, 11) is 0. The van der Waals surface area contributed by atoms with E-state index < -0.39 is 0 Å². The number of benzene rings is 3. The summed E-state index contributed by atoms with van der Waals surface area (Å²) in [6, 6.07) is 25.2. The molecule has 0 amide bonds. The minimum atomic E-state index is 0.884. The van der Waals surface area contributed by atoms with Crippen LogP contribution in [0.2, 0.25) is 0 Å². The minimum absolute atomic E-state index is 0.884. The fourth-order valence-corrected chi connectivity index (χ4v) is 4.94. The van der Waals surface area contributed by atoms with Crippen LogP contribution in [-0.2, 0) is 0 Å². The topological polar surface area (TPSA) is 26.0 Å². The van der Waals surface area contributed by atoms with Crippen molar-refractivity contribution in [2.45, 2.75) is 0 Å². The van der Waals surface area contributed by atoms with Crippen LogP contribution in [-0.4, -0.2) is 4.98 Å². The van der Waals surface area contributed by atoms with Gasteiger partial charge >= 0.3 is 0 Å². The van der Waals surface area contributed by atoms with Crippen LogP contribution in [0.5, 0.6) is 0 Å². The number of aromatic nitrogens is 1. The second-order valence-electron chi connectivity index (χ2n) is 6.44. The summed E-state index contributed by atoms with van der Waals surface area (Å²) in [6.07, 6.45) is 1.93. The number of rotatable bonds is 1. The number of pyridine rings is 1. The van der Waals surface area contributed by atoms with Gasteiger partial charge in [-0.1, -0.05) is 54.6 Å². The third-order valence-electron chi connectivity index (χ3n) is 4.94. The number of furan rings is 1. The first-order valence-electron chi connectivity index (χ1n) is 8.56. The zero-order valence-electron chi connectivity index (χ0n) is 13.8. The Balaban J connectivity index is 1.66. The van der Waals surface area contributed by atoms with Crippen LogP contribution in [0.4, 0.5) is 0 Å². The summed E-state index contributed by atoms with van der Waals surface area (Å²) in [5.74, 6) is 0. The molecule has 6 aromatic rings. The molecule has 0 fully saturated rings. The van der Waals surface area contributed by atoms with Gasteiger partial charge in [-0.2, -0.15) is 0 Å². The van der Waals surface area contributed by atoms with Crippen molar-refractivity contribution < 1.29 is 4.42 Å². The van der Waals surface area contributed by atoms with Gasteiger partial charge < -0.3 is 4.42 Å². The number of thiophene rings is 1. The molecular formula is C23H13NOS. The van der Waals surface area contributed by atoms with Crippen molar-refractivity contribution in [3.8, 4) is 11.3 Å². The second-order valence-corrected chi connectivity index (χ2v) is 7.50. The summed E-state index contributed by atoms with van der Waals surface area (Å²) in [5, 5.41) is 4.77. The summed E-state index contributed by atoms with van der Waals surface area (Å²) in [4.78, 5) is 4.77. The summed E-state index contributed by atoms with van der Waals surface area (Å²) in [6.45, 7) is 0. The molecule has 3 aromatic heterocycles. The van der Waals surface area contributed by atoms with Gasteiger partial charge in [0.15, 0.2) is 0 Å². The van der Waals surface area contributed by atoms with Crippen molar-refractivity contribution >= 4 is 53.4 Å². The quantitative estimate of drug-likeness (QED) is 0.318. The normalized spacial score (nSPS) is 11.8. The van der Waals surface area contributed by atoms with Gasteiger partial charge in [0.2, 0.25) is 0 Å². The summed E-state index contributed by atoms with van der Waals surface area (Å²) >= 11 is 1.82. The van der Waals surface area contributed by atoms with Crippen molar-refractivity contribution in [3.63, 3.8) is 0 Å². The van der Waals surface area contributed by atoms with Gasteiger partial charge in [-0.05, 0) is 12.1 Å². The fraction of sp³-hybridized carbons (Fsp3) is 0. The predicted molar refractivity (Wildman–Crippen MR) is 110 cm³/mol. The molecule has 0 aliphatic carbocycles. The number of hydrogen-bond donors (Lipinski definition) is 0. The molecular weight excluding hydrogens is 338 g/mol. The molecule has 26 heavy (non-hydrogen) atoms. The van der Waals surface area contributed by atoms with E-state index in [1.165, 1.54) is 20.2 Å². The first-order valence-corrected chi connectivity index (χ1v) is 9.38. The first-order chi connectivity index (χ1) is 12.9. The van der Waals surface area contributed by atoms with Gasteiger partial charge in [0.05, 0.1) is 5.69 Å². The molecule has 0 spiro atoms. The number of hydrogen-bond acceptors (Lipinski definition) is 3. The van der Waals surface area contributed by atoms with Crippen LogP contribution < -0.4 is 0 Å². The standard InChI is InChI=1S/C23H13NOS/c1-3-10-20-14(6-1)18-13-24-19(12-21(18)25-20)17-9-5-8-16-15-7-2-4-11-22(15)26-23(16)17/h1-13H. The molecule has 0 N–H and O–H groups in total. The highest BCUT2D eigenvalue weighted by Crippen LogP contribution is 2.40. The Labute approximate surface area is 153 Å².